The number of nitrogens with zero attached hydrogens (tertiary/aromatic N) is 3. The fourth-order valence-corrected chi connectivity index (χ4v) is 2.73. The lowest BCUT2D eigenvalue weighted by Crippen LogP contribution is -2.10. The molecule has 0 spiro atoms. The van der Waals surface area contributed by atoms with E-state index in [1.165, 1.54) is 23.4 Å². The summed E-state index contributed by atoms with van der Waals surface area (Å²) in [7, 11) is 1.59. The lowest BCUT2D eigenvalue weighted by atomic mass is 10.1. The Hall–Kier alpha value is -2.63. The summed E-state index contributed by atoms with van der Waals surface area (Å²) in [4.78, 5) is 16.9. The van der Waals surface area contributed by atoms with Gasteiger partial charge in [0.25, 0.3) is 0 Å². The first-order valence-corrected chi connectivity index (χ1v) is 8.04. The Morgan fingerprint density at radius 3 is 2.52 bits per heavy atom. The number of methoxy groups -OCH3 is 1. The van der Waals surface area contributed by atoms with Crippen molar-refractivity contribution < 1.29 is 9.53 Å². The number of carbonyl (C=O) groups excluding carboxylic acids is 1. The van der Waals surface area contributed by atoms with Gasteiger partial charge in [-0.1, -0.05) is 35.3 Å². The van der Waals surface area contributed by atoms with Crippen molar-refractivity contribution in [3.05, 3.63) is 76.3 Å². The summed E-state index contributed by atoms with van der Waals surface area (Å²) in [5.74, 6) is 0.439. The third kappa shape index (κ3) is 3.90. The van der Waals surface area contributed by atoms with Crippen molar-refractivity contribution in [2.24, 2.45) is 0 Å². The summed E-state index contributed by atoms with van der Waals surface area (Å²) in [6, 6.07) is 12.0. The van der Waals surface area contributed by atoms with E-state index in [1.54, 1.807) is 25.3 Å². The van der Waals surface area contributed by atoms with E-state index < -0.39 is 0 Å². The monoisotopic (exact) mass is 373 g/mol. The zero-order valence-corrected chi connectivity index (χ0v) is 14.7. The molecule has 0 aliphatic carbocycles. The van der Waals surface area contributed by atoms with Crippen LogP contribution in [0.4, 0.5) is 0 Å². The van der Waals surface area contributed by atoms with Crippen LogP contribution in [0.15, 0.2) is 55.1 Å². The smallest absolute Gasteiger partial charge is 0.212 e. The van der Waals surface area contributed by atoms with Crippen LogP contribution >= 0.6 is 23.2 Å². The van der Waals surface area contributed by atoms with Crippen LogP contribution in [-0.2, 0) is 0 Å². The highest BCUT2D eigenvalue weighted by atomic mass is 35.5. The molecule has 0 atom stereocenters. The quantitative estimate of drug-likeness (QED) is 0.488. The highest BCUT2D eigenvalue weighted by Crippen LogP contribution is 2.25. The Morgan fingerprint density at radius 2 is 1.92 bits per heavy atom. The first-order chi connectivity index (χ1) is 12.1. The average Bonchev–Trinajstić information content (AvgIpc) is 3.14. The van der Waals surface area contributed by atoms with Crippen molar-refractivity contribution in [2.45, 2.75) is 0 Å². The molecular formula is C18H13Cl2N3O2. The number of halogens is 2. The van der Waals surface area contributed by atoms with Crippen LogP contribution in [0.2, 0.25) is 10.0 Å². The van der Waals surface area contributed by atoms with Crippen molar-refractivity contribution in [3.63, 3.8) is 0 Å². The maximum atomic E-state index is 13.0. The summed E-state index contributed by atoms with van der Waals surface area (Å²) in [5, 5.41) is 4.80. The summed E-state index contributed by atoms with van der Waals surface area (Å²) in [6.45, 7) is 0. The van der Waals surface area contributed by atoms with Crippen LogP contribution in [0.3, 0.4) is 0 Å². The third-order valence-electron chi connectivity index (χ3n) is 3.49. The number of rotatable bonds is 5. The molecule has 1 heterocycles. The molecule has 0 radical (unpaired) electrons. The van der Waals surface area contributed by atoms with E-state index >= 15 is 0 Å². The van der Waals surface area contributed by atoms with E-state index in [0.29, 0.717) is 16.3 Å². The molecule has 3 aromatic rings. The van der Waals surface area contributed by atoms with E-state index in [0.717, 1.165) is 11.3 Å². The van der Waals surface area contributed by atoms with E-state index in [2.05, 4.69) is 10.1 Å². The minimum absolute atomic E-state index is 0.276. The molecule has 2 aromatic carbocycles. The molecule has 0 amide bonds. The number of ketones is 1. The van der Waals surface area contributed by atoms with Gasteiger partial charge in [-0.3, -0.25) is 4.79 Å². The van der Waals surface area contributed by atoms with Gasteiger partial charge in [0.15, 0.2) is 0 Å². The van der Waals surface area contributed by atoms with Crippen LogP contribution in [0.1, 0.15) is 15.9 Å². The standard InChI is InChI=1S/C18H13Cl2N3O2/c1-25-14-5-2-12(3-6-14)8-17(23-11-21-10-22-23)18(24)15-7-4-13(19)9-16(15)20/h2-11H,1H3/b17-8+. The fourth-order valence-electron chi connectivity index (χ4n) is 2.24. The molecule has 126 valence electrons. The minimum Gasteiger partial charge on any atom is -0.497 e. The molecule has 0 fully saturated rings. The molecule has 0 aliphatic rings. The van der Waals surface area contributed by atoms with Crippen LogP contribution < -0.4 is 4.74 Å². The van der Waals surface area contributed by atoms with Crippen LogP contribution in [0.5, 0.6) is 5.75 Å². The minimum atomic E-state index is -0.289. The second-order valence-corrected chi connectivity index (χ2v) is 5.94. The van der Waals surface area contributed by atoms with E-state index in [4.69, 9.17) is 27.9 Å². The number of benzene rings is 2. The molecule has 0 bridgehead atoms. The van der Waals surface area contributed by atoms with Gasteiger partial charge in [0, 0.05) is 10.6 Å². The van der Waals surface area contributed by atoms with Gasteiger partial charge < -0.3 is 4.74 Å². The van der Waals surface area contributed by atoms with Gasteiger partial charge in [0.2, 0.25) is 5.78 Å². The number of hydrogen-bond donors (Lipinski definition) is 0. The highest BCUT2D eigenvalue weighted by Gasteiger charge is 2.18. The summed E-state index contributed by atoms with van der Waals surface area (Å²) >= 11 is 12.1. The maximum absolute atomic E-state index is 13.0. The Balaban J connectivity index is 2.05. The van der Waals surface area contributed by atoms with Gasteiger partial charge in [-0.15, -0.1) is 0 Å². The van der Waals surface area contributed by atoms with Crippen LogP contribution in [0, 0.1) is 0 Å². The molecule has 3 rings (SSSR count). The number of aromatic nitrogens is 3. The number of Topliss-reactive ketones (excluding diaryl/α,β-unsaturated/α-hetero) is 1. The molecule has 0 unspecified atom stereocenters. The van der Waals surface area contributed by atoms with Gasteiger partial charge in [-0.25, -0.2) is 9.67 Å². The van der Waals surface area contributed by atoms with E-state index in [1.807, 2.05) is 24.3 Å². The number of carbonyl (C=O) groups is 1. The van der Waals surface area contributed by atoms with Crippen molar-refractivity contribution in [3.8, 4) is 5.75 Å². The van der Waals surface area contributed by atoms with Crippen molar-refractivity contribution >= 4 is 40.8 Å². The Morgan fingerprint density at radius 1 is 1.16 bits per heavy atom. The van der Waals surface area contributed by atoms with Gasteiger partial charge in [0.05, 0.1) is 12.1 Å². The van der Waals surface area contributed by atoms with Gasteiger partial charge in [-0.2, -0.15) is 5.10 Å². The summed E-state index contributed by atoms with van der Waals surface area (Å²) < 4.78 is 6.55. The summed E-state index contributed by atoms with van der Waals surface area (Å²) in [6.07, 6.45) is 4.52. The normalized spacial score (nSPS) is 11.4. The maximum Gasteiger partial charge on any atom is 0.212 e. The lowest BCUT2D eigenvalue weighted by Gasteiger charge is -2.09. The van der Waals surface area contributed by atoms with Crippen molar-refractivity contribution in [1.29, 1.82) is 0 Å². The second kappa shape index (κ2) is 7.51. The molecule has 7 heteroatoms. The first-order valence-electron chi connectivity index (χ1n) is 7.29. The van der Waals surface area contributed by atoms with E-state index in [-0.39, 0.29) is 10.8 Å². The largest absolute Gasteiger partial charge is 0.497 e. The third-order valence-corrected chi connectivity index (χ3v) is 4.04. The second-order valence-electron chi connectivity index (χ2n) is 5.10. The predicted octanol–water partition coefficient (Wildman–Crippen LogP) is 4.47. The Labute approximate surface area is 154 Å². The van der Waals surface area contributed by atoms with Gasteiger partial charge in [-0.05, 0) is 42.0 Å². The first kappa shape index (κ1) is 17.2. The molecule has 0 saturated carbocycles. The van der Waals surface area contributed by atoms with Crippen LogP contribution in [-0.4, -0.2) is 27.7 Å². The molecule has 1 aromatic heterocycles. The van der Waals surface area contributed by atoms with E-state index in [9.17, 15) is 4.79 Å². The Kier molecular flexibility index (Phi) is 5.16. The predicted molar refractivity (Wildman–Crippen MR) is 98.0 cm³/mol. The highest BCUT2D eigenvalue weighted by molar-refractivity contribution is 6.40. The fraction of sp³-hybridized carbons (Fsp3) is 0.0556. The topological polar surface area (TPSA) is 57.0 Å². The van der Waals surface area contributed by atoms with Gasteiger partial charge >= 0.3 is 0 Å². The SMILES string of the molecule is COc1ccc(/C=C(\C(=O)c2ccc(Cl)cc2Cl)n2cncn2)cc1. The van der Waals surface area contributed by atoms with Crippen LogP contribution in [0.25, 0.3) is 11.8 Å². The molecule has 0 aliphatic heterocycles. The molecule has 5 nitrogen and oxygen atoms in total. The number of allylic oxidation sites excluding steroid dienone is 1. The van der Waals surface area contributed by atoms with Crippen molar-refractivity contribution in [2.75, 3.05) is 7.11 Å². The summed E-state index contributed by atoms with van der Waals surface area (Å²) in [5.41, 5.74) is 1.46. The molecule has 0 saturated heterocycles. The Bertz CT molecular complexity index is 920. The number of ether oxygens (including phenoxy) is 1. The average molecular weight is 374 g/mol. The molecule has 25 heavy (non-hydrogen) atoms. The van der Waals surface area contributed by atoms with Crippen molar-refractivity contribution in [1.82, 2.24) is 14.8 Å². The lowest BCUT2D eigenvalue weighted by molar-refractivity contribution is 0.105. The molecular weight excluding hydrogens is 361 g/mol. The number of hydrogen-bond acceptors (Lipinski definition) is 4. The zero-order valence-electron chi connectivity index (χ0n) is 13.2. The molecule has 0 N–H and O–H groups in total. The zero-order chi connectivity index (χ0) is 17.8. The van der Waals surface area contributed by atoms with Gasteiger partial charge in [0.1, 0.15) is 24.1 Å².